The molecule has 22 heavy (non-hydrogen) atoms. The Labute approximate surface area is 137 Å². The van der Waals surface area contributed by atoms with Gasteiger partial charge in [-0.15, -0.1) is 0 Å². The van der Waals surface area contributed by atoms with Gasteiger partial charge in [-0.2, -0.15) is 5.10 Å². The van der Waals surface area contributed by atoms with Crippen LogP contribution in [0.15, 0.2) is 30.5 Å². The van der Waals surface area contributed by atoms with Gasteiger partial charge in [-0.05, 0) is 42.6 Å². The highest BCUT2D eigenvalue weighted by Gasteiger charge is 2.61. The first-order chi connectivity index (χ1) is 10.3. The lowest BCUT2D eigenvalue weighted by Gasteiger charge is -2.30. The average Bonchev–Trinajstić information content (AvgIpc) is 2.86. The fourth-order valence-electron chi connectivity index (χ4n) is 3.98. The Morgan fingerprint density at radius 2 is 2.00 bits per heavy atom. The van der Waals surface area contributed by atoms with Gasteiger partial charge in [0.2, 0.25) is 0 Å². The van der Waals surface area contributed by atoms with Crippen molar-refractivity contribution in [1.82, 2.24) is 10.2 Å². The normalized spacial score (nSPS) is 31.8. The van der Waals surface area contributed by atoms with E-state index in [9.17, 15) is 0 Å². The molecule has 2 N–H and O–H groups in total. The van der Waals surface area contributed by atoms with E-state index >= 15 is 0 Å². The van der Waals surface area contributed by atoms with Crippen LogP contribution in [-0.4, -0.2) is 15.4 Å². The minimum absolute atomic E-state index is 0.00348. The monoisotopic (exact) mass is 317 g/mol. The number of aromatic amines is 1. The number of rotatable bonds is 1. The molecule has 2 fully saturated rings. The number of nitrogens with one attached hydrogen (secondary N) is 2. The molecule has 1 aromatic heterocycles. The average molecular weight is 318 g/mol. The number of benzene rings is 1. The van der Waals surface area contributed by atoms with Gasteiger partial charge in [-0.1, -0.05) is 50.6 Å². The van der Waals surface area contributed by atoms with Crippen LogP contribution in [0.5, 0.6) is 0 Å². The summed E-state index contributed by atoms with van der Waals surface area (Å²) in [7, 11) is 0. The van der Waals surface area contributed by atoms with Crippen molar-refractivity contribution in [3.05, 3.63) is 30.5 Å². The minimum Gasteiger partial charge on any atom is -0.293 e. The quantitative estimate of drug-likeness (QED) is 0.695. The molecule has 4 heteroatoms. The molecule has 0 bridgehead atoms. The van der Waals surface area contributed by atoms with E-state index in [0.29, 0.717) is 10.6 Å². The number of para-hydroxylation sites is 1. The molecule has 1 heterocycles. The van der Waals surface area contributed by atoms with Crippen LogP contribution in [0, 0.1) is 28.1 Å². The number of hydrogen-bond acceptors (Lipinski definition) is 2. The van der Waals surface area contributed by atoms with Gasteiger partial charge in [0.15, 0.2) is 0 Å². The molecule has 1 aromatic carbocycles. The van der Waals surface area contributed by atoms with Crippen molar-refractivity contribution in [3.8, 4) is 0 Å². The fourth-order valence-corrected chi connectivity index (χ4v) is 4.15. The van der Waals surface area contributed by atoms with Crippen LogP contribution in [0.2, 0.25) is 0 Å². The van der Waals surface area contributed by atoms with Crippen LogP contribution in [0.4, 0.5) is 0 Å². The molecule has 3 nitrogen and oxygen atoms in total. The third kappa shape index (κ3) is 2.67. The summed E-state index contributed by atoms with van der Waals surface area (Å²) >= 11 is 5.86. The zero-order chi connectivity index (χ0) is 16.0. The predicted octanol–water partition coefficient (Wildman–Crippen LogP) is 5.23. The van der Waals surface area contributed by atoms with E-state index in [1.54, 1.807) is 0 Å². The topological polar surface area (TPSA) is 52.5 Å². The lowest BCUT2D eigenvalue weighted by atomic mass is 9.76. The van der Waals surface area contributed by atoms with Gasteiger partial charge in [0, 0.05) is 10.8 Å². The van der Waals surface area contributed by atoms with Gasteiger partial charge in [-0.3, -0.25) is 10.5 Å². The summed E-state index contributed by atoms with van der Waals surface area (Å²) in [4.78, 5) is 0. The first-order valence-electron chi connectivity index (χ1n) is 7.97. The molecule has 118 valence electrons. The Bertz CT molecular complexity index is 660. The maximum atomic E-state index is 7.59. The number of nitrogens with zero attached hydrogens (tertiary/aromatic N) is 1. The smallest absolute Gasteiger partial charge is 0.103 e. The van der Waals surface area contributed by atoms with Crippen molar-refractivity contribution < 1.29 is 0 Å². The van der Waals surface area contributed by atoms with Crippen molar-refractivity contribution >= 4 is 27.7 Å². The molecule has 2 aliphatic carbocycles. The molecule has 3 unspecified atom stereocenters. The number of halogens is 1. The third-order valence-electron chi connectivity index (χ3n) is 5.84. The van der Waals surface area contributed by atoms with Crippen molar-refractivity contribution in [2.75, 3.05) is 0 Å². The number of aromatic nitrogens is 2. The molecular formula is C18H24ClN3. The van der Waals surface area contributed by atoms with Gasteiger partial charge in [0.25, 0.3) is 0 Å². The Hall–Kier alpha value is -1.35. The summed E-state index contributed by atoms with van der Waals surface area (Å²) < 4.78 is 0. The van der Waals surface area contributed by atoms with Crippen LogP contribution in [0.25, 0.3) is 10.9 Å². The maximum absolute atomic E-state index is 7.59. The highest BCUT2D eigenvalue weighted by atomic mass is 35.5. The highest BCUT2D eigenvalue weighted by Crippen LogP contribution is 2.68. The van der Waals surface area contributed by atoms with E-state index in [0.717, 1.165) is 35.6 Å². The zero-order valence-electron chi connectivity index (χ0n) is 13.5. The van der Waals surface area contributed by atoms with Gasteiger partial charge in [0.05, 0.1) is 11.7 Å². The number of hydrogen-bond donors (Lipinski definition) is 2. The third-order valence-corrected chi connectivity index (χ3v) is 6.30. The highest BCUT2D eigenvalue weighted by molar-refractivity contribution is 6.65. The van der Waals surface area contributed by atoms with Crippen LogP contribution >= 0.6 is 11.6 Å². The zero-order valence-corrected chi connectivity index (χ0v) is 14.2. The standard InChI is InChI=1S/C11H18ClN.C7H6N2/c1-10(2)7-4-5-11(3,9(12)13)6-8(7)10;1-2-4-7-6(3-1)5-8-9-7/h7-8,13H,4-6H2,1-3H3;1-5H,(H,8,9). The van der Waals surface area contributed by atoms with E-state index in [-0.39, 0.29) is 5.41 Å². The van der Waals surface area contributed by atoms with Gasteiger partial charge in [-0.25, -0.2) is 0 Å². The Morgan fingerprint density at radius 1 is 1.27 bits per heavy atom. The van der Waals surface area contributed by atoms with Gasteiger partial charge in [0.1, 0.15) is 5.17 Å². The summed E-state index contributed by atoms with van der Waals surface area (Å²) in [6.45, 7) is 6.85. The van der Waals surface area contributed by atoms with Crippen LogP contribution in [0.3, 0.4) is 0 Å². The second-order valence-corrected chi connectivity index (χ2v) is 7.99. The molecule has 2 aromatic rings. The van der Waals surface area contributed by atoms with Crippen molar-refractivity contribution in [2.24, 2.45) is 22.7 Å². The minimum atomic E-state index is -0.00348. The van der Waals surface area contributed by atoms with Crippen molar-refractivity contribution in [3.63, 3.8) is 0 Å². The molecule has 0 saturated heterocycles. The van der Waals surface area contributed by atoms with Gasteiger partial charge >= 0.3 is 0 Å². The summed E-state index contributed by atoms with van der Waals surface area (Å²) in [5.74, 6) is 1.74. The summed E-state index contributed by atoms with van der Waals surface area (Å²) in [6, 6.07) is 8.01. The fraction of sp³-hybridized carbons (Fsp3) is 0.556. The first-order valence-corrected chi connectivity index (χ1v) is 8.35. The molecular weight excluding hydrogens is 294 g/mol. The van der Waals surface area contributed by atoms with Crippen LogP contribution in [0.1, 0.15) is 40.0 Å². The first kappa shape index (κ1) is 15.5. The van der Waals surface area contributed by atoms with Gasteiger partial charge < -0.3 is 0 Å². The number of H-pyrrole nitrogens is 1. The van der Waals surface area contributed by atoms with E-state index in [1.807, 2.05) is 30.5 Å². The van der Waals surface area contributed by atoms with Crippen molar-refractivity contribution in [1.29, 1.82) is 5.41 Å². The molecule has 2 saturated carbocycles. The second kappa shape index (κ2) is 5.38. The molecule has 0 spiro atoms. The Morgan fingerprint density at radius 3 is 2.64 bits per heavy atom. The molecule has 2 aliphatic rings. The lowest BCUT2D eigenvalue weighted by molar-refractivity contribution is 0.300. The second-order valence-electron chi connectivity index (χ2n) is 7.61. The molecule has 0 radical (unpaired) electrons. The molecule has 0 amide bonds. The number of fused-ring (bicyclic) bond motifs is 2. The largest absolute Gasteiger partial charge is 0.293 e. The summed E-state index contributed by atoms with van der Waals surface area (Å²) in [5, 5.41) is 15.9. The lowest BCUT2D eigenvalue weighted by Crippen LogP contribution is -2.27. The Kier molecular flexibility index (Phi) is 3.80. The SMILES string of the molecule is CC1(C(=N)Cl)CCC2C(C1)C2(C)C.c1ccc2[nH]ncc2c1. The molecule has 3 atom stereocenters. The van der Waals surface area contributed by atoms with E-state index in [2.05, 4.69) is 31.0 Å². The predicted molar refractivity (Wildman–Crippen MR) is 92.4 cm³/mol. The molecule has 4 rings (SSSR count). The van der Waals surface area contributed by atoms with E-state index < -0.39 is 0 Å². The van der Waals surface area contributed by atoms with E-state index in [4.69, 9.17) is 17.0 Å². The van der Waals surface area contributed by atoms with Crippen molar-refractivity contribution in [2.45, 2.75) is 40.0 Å². The van der Waals surface area contributed by atoms with Crippen LogP contribution < -0.4 is 0 Å². The van der Waals surface area contributed by atoms with Crippen LogP contribution in [-0.2, 0) is 0 Å². The Balaban J connectivity index is 0.000000139. The maximum Gasteiger partial charge on any atom is 0.103 e. The molecule has 0 aliphatic heterocycles. The summed E-state index contributed by atoms with van der Waals surface area (Å²) in [5.41, 5.74) is 1.62. The summed E-state index contributed by atoms with van der Waals surface area (Å²) in [6.07, 6.45) is 5.32. The van der Waals surface area contributed by atoms with E-state index in [1.165, 1.54) is 6.42 Å².